The van der Waals surface area contributed by atoms with E-state index in [1.54, 1.807) is 43.3 Å². The van der Waals surface area contributed by atoms with E-state index in [2.05, 4.69) is 11.9 Å². The van der Waals surface area contributed by atoms with Crippen LogP contribution in [0.3, 0.4) is 0 Å². The Morgan fingerprint density at radius 1 is 1.37 bits per heavy atom. The number of thiophene rings is 1. The third-order valence-corrected chi connectivity index (χ3v) is 4.66. The van der Waals surface area contributed by atoms with Crippen LogP contribution in [0.4, 0.5) is 5.00 Å². The van der Waals surface area contributed by atoms with E-state index in [4.69, 9.17) is 26.3 Å². The first kappa shape index (κ1) is 20.5. The highest BCUT2D eigenvalue weighted by atomic mass is 35.5. The van der Waals surface area contributed by atoms with Gasteiger partial charge >= 0.3 is 5.97 Å². The molecule has 0 aliphatic heterocycles. The second-order valence-corrected chi connectivity index (χ2v) is 6.81. The van der Waals surface area contributed by atoms with Crippen LogP contribution in [-0.4, -0.2) is 25.1 Å². The van der Waals surface area contributed by atoms with Gasteiger partial charge in [-0.05, 0) is 24.6 Å². The quantitative estimate of drug-likeness (QED) is 0.510. The number of benzene rings is 1. The van der Waals surface area contributed by atoms with Gasteiger partial charge in [-0.15, -0.1) is 11.3 Å². The highest BCUT2D eigenvalue weighted by Gasteiger charge is 2.26. The van der Waals surface area contributed by atoms with Crippen molar-refractivity contribution in [2.75, 3.05) is 18.5 Å². The van der Waals surface area contributed by atoms with Crippen LogP contribution in [0.2, 0.25) is 4.34 Å². The van der Waals surface area contributed by atoms with Gasteiger partial charge in [0.05, 0.1) is 12.7 Å². The van der Waals surface area contributed by atoms with Crippen molar-refractivity contribution in [2.45, 2.75) is 13.3 Å². The number of nitriles is 1. The van der Waals surface area contributed by atoms with E-state index in [9.17, 15) is 9.59 Å². The van der Waals surface area contributed by atoms with Gasteiger partial charge in [0, 0.05) is 5.56 Å². The first-order valence-electron chi connectivity index (χ1n) is 8.02. The van der Waals surface area contributed by atoms with Crippen molar-refractivity contribution in [3.05, 3.63) is 46.8 Å². The number of anilines is 1. The van der Waals surface area contributed by atoms with Crippen molar-refractivity contribution in [2.24, 2.45) is 0 Å². The molecule has 1 aromatic carbocycles. The fourth-order valence-electron chi connectivity index (χ4n) is 2.26. The van der Waals surface area contributed by atoms with E-state index < -0.39 is 11.9 Å². The highest BCUT2D eigenvalue weighted by molar-refractivity contribution is 7.21. The van der Waals surface area contributed by atoms with Gasteiger partial charge in [-0.2, -0.15) is 5.26 Å². The average molecular weight is 405 g/mol. The second kappa shape index (κ2) is 9.76. The van der Waals surface area contributed by atoms with Crippen molar-refractivity contribution >= 4 is 39.8 Å². The molecule has 140 valence electrons. The molecule has 0 saturated heterocycles. The summed E-state index contributed by atoms with van der Waals surface area (Å²) in [4.78, 5) is 24.3. The fourth-order valence-corrected chi connectivity index (χ4v) is 3.65. The monoisotopic (exact) mass is 404 g/mol. The van der Waals surface area contributed by atoms with Crippen LogP contribution < -0.4 is 10.1 Å². The summed E-state index contributed by atoms with van der Waals surface area (Å²) in [6.45, 7) is 5.83. The summed E-state index contributed by atoms with van der Waals surface area (Å²) in [7, 11) is 0. The number of ether oxygens (including phenoxy) is 2. The molecule has 1 aromatic heterocycles. The van der Waals surface area contributed by atoms with Crippen molar-refractivity contribution in [1.82, 2.24) is 0 Å². The molecular formula is C19H17ClN2O4S. The Kier molecular flexibility index (Phi) is 7.41. The highest BCUT2D eigenvalue weighted by Crippen LogP contribution is 2.44. The van der Waals surface area contributed by atoms with Crippen molar-refractivity contribution in [3.63, 3.8) is 0 Å². The van der Waals surface area contributed by atoms with Gasteiger partial charge in [0.1, 0.15) is 33.7 Å². The minimum Gasteiger partial charge on any atom is -0.490 e. The van der Waals surface area contributed by atoms with Crippen LogP contribution in [0.25, 0.3) is 11.1 Å². The number of nitrogens with one attached hydrogen (secondary N) is 1. The zero-order chi connectivity index (χ0) is 19.8. The molecule has 0 radical (unpaired) electrons. The lowest BCUT2D eigenvalue weighted by Gasteiger charge is -2.09. The molecule has 0 atom stereocenters. The number of hydrogen-bond acceptors (Lipinski definition) is 6. The summed E-state index contributed by atoms with van der Waals surface area (Å²) in [6, 6.07) is 8.77. The zero-order valence-corrected chi connectivity index (χ0v) is 16.2. The molecule has 6 nitrogen and oxygen atoms in total. The SMILES string of the molecule is C=CCOc1ccc(-c2c(Cl)sc(NC(=O)CC#N)c2C(=O)OCC)cc1. The summed E-state index contributed by atoms with van der Waals surface area (Å²) in [5.41, 5.74) is 1.30. The lowest BCUT2D eigenvalue weighted by Crippen LogP contribution is -2.13. The maximum Gasteiger partial charge on any atom is 0.341 e. The normalized spacial score (nSPS) is 9.96. The summed E-state index contributed by atoms with van der Waals surface area (Å²) < 4.78 is 10.9. The van der Waals surface area contributed by atoms with Gasteiger partial charge in [-0.3, -0.25) is 4.79 Å². The van der Waals surface area contributed by atoms with Crippen molar-refractivity contribution in [1.29, 1.82) is 5.26 Å². The number of hydrogen-bond donors (Lipinski definition) is 1. The predicted molar refractivity (Wildman–Crippen MR) is 105 cm³/mol. The van der Waals surface area contributed by atoms with Crippen LogP contribution in [0.15, 0.2) is 36.9 Å². The van der Waals surface area contributed by atoms with Crippen LogP contribution in [-0.2, 0) is 9.53 Å². The molecule has 2 aromatic rings. The fraction of sp³-hybridized carbons (Fsp3) is 0.211. The molecule has 0 bridgehead atoms. The molecular weight excluding hydrogens is 388 g/mol. The average Bonchev–Trinajstić information content (AvgIpc) is 2.96. The molecule has 2 rings (SSSR count). The van der Waals surface area contributed by atoms with E-state index >= 15 is 0 Å². The summed E-state index contributed by atoms with van der Waals surface area (Å²) in [5.74, 6) is -0.485. The molecule has 1 heterocycles. The maximum atomic E-state index is 12.5. The molecule has 0 fully saturated rings. The van der Waals surface area contributed by atoms with Gasteiger partial charge < -0.3 is 14.8 Å². The molecule has 0 saturated carbocycles. The second-order valence-electron chi connectivity index (χ2n) is 5.18. The van der Waals surface area contributed by atoms with Crippen molar-refractivity contribution in [3.8, 4) is 22.9 Å². The Bertz CT molecular complexity index is 884. The Morgan fingerprint density at radius 3 is 2.67 bits per heavy atom. The lowest BCUT2D eigenvalue weighted by atomic mass is 10.0. The third kappa shape index (κ3) is 5.09. The van der Waals surface area contributed by atoms with E-state index in [1.165, 1.54) is 0 Å². The van der Waals surface area contributed by atoms with Crippen LogP contribution >= 0.6 is 22.9 Å². The van der Waals surface area contributed by atoms with Crippen LogP contribution in [0, 0.1) is 11.3 Å². The molecule has 27 heavy (non-hydrogen) atoms. The van der Waals surface area contributed by atoms with Crippen molar-refractivity contribution < 1.29 is 19.1 Å². The smallest absolute Gasteiger partial charge is 0.341 e. The number of esters is 1. The Hall–Kier alpha value is -2.82. The Labute approximate surface area is 166 Å². The molecule has 8 heteroatoms. The van der Waals surface area contributed by atoms with Gasteiger partial charge in [0.2, 0.25) is 5.91 Å². The molecule has 0 aliphatic carbocycles. The first-order valence-corrected chi connectivity index (χ1v) is 9.21. The molecule has 1 N–H and O–H groups in total. The van der Waals surface area contributed by atoms with Gasteiger partial charge in [0.15, 0.2) is 0 Å². The number of amides is 1. The lowest BCUT2D eigenvalue weighted by molar-refractivity contribution is -0.115. The largest absolute Gasteiger partial charge is 0.490 e. The maximum absolute atomic E-state index is 12.5. The molecule has 0 unspecified atom stereocenters. The van der Waals surface area contributed by atoms with Gasteiger partial charge in [-0.1, -0.05) is 36.4 Å². The number of rotatable bonds is 8. The minimum absolute atomic E-state index is 0.165. The minimum atomic E-state index is -0.602. The van der Waals surface area contributed by atoms with E-state index in [-0.39, 0.29) is 23.6 Å². The number of nitrogens with zero attached hydrogens (tertiary/aromatic N) is 1. The van der Waals surface area contributed by atoms with E-state index in [0.717, 1.165) is 11.3 Å². The Balaban J connectivity index is 2.46. The van der Waals surface area contributed by atoms with E-state index in [1.807, 2.05) is 0 Å². The molecule has 0 spiro atoms. The van der Waals surface area contributed by atoms with Crippen LogP contribution in [0.1, 0.15) is 23.7 Å². The van der Waals surface area contributed by atoms with Gasteiger partial charge in [-0.25, -0.2) is 4.79 Å². The molecule has 0 aliphatic rings. The first-order chi connectivity index (χ1) is 13.0. The summed E-state index contributed by atoms with van der Waals surface area (Å²) in [5, 5.41) is 11.5. The summed E-state index contributed by atoms with van der Waals surface area (Å²) >= 11 is 7.40. The number of carbonyl (C=O) groups excluding carboxylic acids is 2. The van der Waals surface area contributed by atoms with Gasteiger partial charge in [0.25, 0.3) is 0 Å². The predicted octanol–water partition coefficient (Wildman–Crippen LogP) is 4.66. The standard InChI is InChI=1S/C19H17ClN2O4S/c1-3-11-26-13-7-5-12(6-8-13)15-16(19(24)25-4-2)18(27-17(15)20)22-14(23)9-10-21/h3,5-8H,1,4,9,11H2,2H3,(H,22,23). The number of halogens is 1. The summed E-state index contributed by atoms with van der Waals surface area (Å²) in [6.07, 6.45) is 1.31. The topological polar surface area (TPSA) is 88.4 Å². The zero-order valence-electron chi connectivity index (χ0n) is 14.6. The number of carbonyl (C=O) groups is 2. The van der Waals surface area contributed by atoms with E-state index in [0.29, 0.717) is 27.8 Å². The van der Waals surface area contributed by atoms with Crippen LogP contribution in [0.5, 0.6) is 5.75 Å². The molecule has 1 amide bonds. The Morgan fingerprint density at radius 2 is 2.07 bits per heavy atom. The third-order valence-electron chi connectivity index (χ3n) is 3.35.